The van der Waals surface area contributed by atoms with Crippen LogP contribution >= 0.6 is 0 Å². The molecule has 1 atom stereocenters. The molecule has 2 rings (SSSR count). The van der Waals surface area contributed by atoms with E-state index in [1.807, 2.05) is 6.07 Å². The zero-order valence-corrected chi connectivity index (χ0v) is 10.4. The van der Waals surface area contributed by atoms with Gasteiger partial charge in [-0.1, -0.05) is 0 Å². The van der Waals surface area contributed by atoms with Crippen LogP contribution in [0, 0.1) is 16.7 Å². The molecule has 2 amide bonds. The van der Waals surface area contributed by atoms with Gasteiger partial charge in [-0.2, -0.15) is 5.26 Å². The number of piperidine rings is 1. The molecule has 2 heterocycles. The molecule has 0 saturated carbocycles. The summed E-state index contributed by atoms with van der Waals surface area (Å²) < 4.78 is 0. The van der Waals surface area contributed by atoms with Crippen LogP contribution in [0.4, 0.5) is 0 Å². The fourth-order valence-corrected chi connectivity index (χ4v) is 2.57. The van der Waals surface area contributed by atoms with Gasteiger partial charge in [0.2, 0.25) is 11.8 Å². The number of rotatable bonds is 2. The van der Waals surface area contributed by atoms with Crippen molar-refractivity contribution in [2.45, 2.75) is 31.8 Å². The maximum atomic E-state index is 12.3. The van der Waals surface area contributed by atoms with Gasteiger partial charge < -0.3 is 15.3 Å². The highest BCUT2D eigenvalue weighted by molar-refractivity contribution is 6.05. The van der Waals surface area contributed by atoms with Gasteiger partial charge in [0.15, 0.2) is 0 Å². The largest absolute Gasteiger partial charge is 0.385 e. The first-order valence-corrected chi connectivity index (χ1v) is 6.08. The molecule has 98 valence electrons. The zero-order valence-electron chi connectivity index (χ0n) is 10.4. The summed E-state index contributed by atoms with van der Waals surface area (Å²) >= 11 is 0. The number of nitrogens with zero attached hydrogens (tertiary/aromatic N) is 2. The molecule has 2 aliphatic heterocycles. The Bertz CT molecular complexity index is 423. The fraction of sp³-hybridized carbons (Fsp3) is 0.750. The molecule has 0 aromatic carbocycles. The van der Waals surface area contributed by atoms with E-state index in [1.165, 1.54) is 4.90 Å². The summed E-state index contributed by atoms with van der Waals surface area (Å²) in [7, 11) is 0. The lowest BCUT2D eigenvalue weighted by atomic mass is 9.78. The van der Waals surface area contributed by atoms with E-state index in [2.05, 4.69) is 5.32 Å². The Morgan fingerprint density at radius 2 is 2.28 bits per heavy atom. The second-order valence-electron chi connectivity index (χ2n) is 5.41. The Labute approximate surface area is 106 Å². The molecule has 1 unspecified atom stereocenters. The fourth-order valence-electron chi connectivity index (χ4n) is 2.57. The van der Waals surface area contributed by atoms with Crippen LogP contribution in [0.2, 0.25) is 0 Å². The first-order chi connectivity index (χ1) is 8.41. The quantitative estimate of drug-likeness (QED) is 0.640. The second-order valence-corrected chi connectivity index (χ2v) is 5.41. The molecule has 2 saturated heterocycles. The van der Waals surface area contributed by atoms with E-state index in [0.717, 1.165) is 6.42 Å². The molecule has 18 heavy (non-hydrogen) atoms. The van der Waals surface area contributed by atoms with Crippen molar-refractivity contribution in [3.05, 3.63) is 0 Å². The molecule has 2 aliphatic rings. The molecule has 2 N–H and O–H groups in total. The first kappa shape index (κ1) is 12.8. The maximum absolute atomic E-state index is 12.3. The SMILES string of the molecule is CC1(C(=O)N2CC(O)(CC#N)C2)CCCNC1=O. The highest BCUT2D eigenvalue weighted by Gasteiger charge is 2.51. The van der Waals surface area contributed by atoms with E-state index in [9.17, 15) is 14.7 Å². The molecule has 0 radical (unpaired) electrons. The molecular weight excluding hydrogens is 234 g/mol. The van der Waals surface area contributed by atoms with Gasteiger partial charge >= 0.3 is 0 Å². The molecule has 6 nitrogen and oxygen atoms in total. The van der Waals surface area contributed by atoms with Crippen molar-refractivity contribution in [1.82, 2.24) is 10.2 Å². The molecule has 0 aromatic heterocycles. The molecule has 6 heteroatoms. The maximum Gasteiger partial charge on any atom is 0.238 e. The Morgan fingerprint density at radius 3 is 2.83 bits per heavy atom. The number of nitriles is 1. The number of likely N-dealkylation sites (tertiary alicyclic amines) is 1. The van der Waals surface area contributed by atoms with Crippen molar-refractivity contribution < 1.29 is 14.7 Å². The first-order valence-electron chi connectivity index (χ1n) is 6.08. The van der Waals surface area contributed by atoms with E-state index < -0.39 is 11.0 Å². The number of β-amino-alcohol motifs (C(OH)–C–C–N with tert-alkyl or cyclic N) is 1. The summed E-state index contributed by atoms with van der Waals surface area (Å²) in [6.07, 6.45) is 1.33. The summed E-state index contributed by atoms with van der Waals surface area (Å²) in [5.41, 5.74) is -2.11. The third-order valence-corrected chi connectivity index (χ3v) is 3.78. The van der Waals surface area contributed by atoms with Gasteiger partial charge in [-0.25, -0.2) is 0 Å². The predicted molar refractivity (Wildman–Crippen MR) is 62.1 cm³/mol. The minimum atomic E-state index is -1.09. The Morgan fingerprint density at radius 1 is 1.61 bits per heavy atom. The minimum Gasteiger partial charge on any atom is -0.385 e. The molecule has 0 aliphatic carbocycles. The lowest BCUT2D eigenvalue weighted by Gasteiger charge is -2.48. The van der Waals surface area contributed by atoms with Gasteiger partial charge in [0.05, 0.1) is 25.6 Å². The van der Waals surface area contributed by atoms with Crippen molar-refractivity contribution >= 4 is 11.8 Å². The van der Waals surface area contributed by atoms with Crippen LogP contribution in [0.3, 0.4) is 0 Å². The van der Waals surface area contributed by atoms with Gasteiger partial charge in [0.1, 0.15) is 11.0 Å². The van der Waals surface area contributed by atoms with Gasteiger partial charge in [0.25, 0.3) is 0 Å². The van der Waals surface area contributed by atoms with Crippen molar-refractivity contribution in [3.63, 3.8) is 0 Å². The Kier molecular flexibility index (Phi) is 3.03. The van der Waals surface area contributed by atoms with Crippen molar-refractivity contribution in [2.24, 2.45) is 5.41 Å². The van der Waals surface area contributed by atoms with E-state index in [-0.39, 0.29) is 31.3 Å². The number of aliphatic hydroxyl groups is 1. The average Bonchev–Trinajstić information content (AvgIpc) is 2.29. The van der Waals surface area contributed by atoms with E-state index in [1.54, 1.807) is 6.92 Å². The normalized spacial score (nSPS) is 30.1. The highest BCUT2D eigenvalue weighted by Crippen LogP contribution is 2.34. The lowest BCUT2D eigenvalue weighted by Crippen LogP contribution is -2.67. The molecule has 0 aromatic rings. The second kappa shape index (κ2) is 4.25. The van der Waals surface area contributed by atoms with Gasteiger partial charge in [0, 0.05) is 6.54 Å². The predicted octanol–water partition coefficient (Wildman–Crippen LogP) is -0.610. The average molecular weight is 251 g/mol. The molecule has 0 spiro atoms. The standard InChI is InChI=1S/C12H17N3O3/c1-11(3-2-6-14-9(11)16)10(17)15-7-12(18,8-15)4-5-13/h18H,2-4,6-8H2,1H3,(H,14,16). The van der Waals surface area contributed by atoms with Crippen LogP contribution in [-0.2, 0) is 9.59 Å². The lowest BCUT2D eigenvalue weighted by molar-refractivity contribution is -0.169. The third-order valence-electron chi connectivity index (χ3n) is 3.78. The van der Waals surface area contributed by atoms with Crippen molar-refractivity contribution in [2.75, 3.05) is 19.6 Å². The summed E-state index contributed by atoms with van der Waals surface area (Å²) in [6.45, 7) is 2.54. The number of carbonyl (C=O) groups excluding carboxylic acids is 2. The summed E-state index contributed by atoms with van der Waals surface area (Å²) in [5.74, 6) is -0.489. The third kappa shape index (κ3) is 1.95. The zero-order chi connectivity index (χ0) is 13.4. The summed E-state index contributed by atoms with van der Waals surface area (Å²) in [6, 6.07) is 1.90. The van der Waals surface area contributed by atoms with Gasteiger partial charge in [-0.3, -0.25) is 9.59 Å². The van der Waals surface area contributed by atoms with Crippen LogP contribution in [-0.4, -0.2) is 47.1 Å². The number of nitrogens with one attached hydrogen (secondary N) is 1. The molecule has 0 bridgehead atoms. The van der Waals surface area contributed by atoms with Crippen LogP contribution in [0.15, 0.2) is 0 Å². The van der Waals surface area contributed by atoms with Crippen molar-refractivity contribution in [3.8, 4) is 6.07 Å². The van der Waals surface area contributed by atoms with E-state index >= 15 is 0 Å². The van der Waals surface area contributed by atoms with Gasteiger partial charge in [-0.05, 0) is 19.8 Å². The Hall–Kier alpha value is -1.61. The minimum absolute atomic E-state index is 0.0136. The van der Waals surface area contributed by atoms with Crippen molar-refractivity contribution in [1.29, 1.82) is 5.26 Å². The highest BCUT2D eigenvalue weighted by atomic mass is 16.3. The van der Waals surface area contributed by atoms with Crippen LogP contribution in [0.5, 0.6) is 0 Å². The molecule has 2 fully saturated rings. The number of hydrogen-bond acceptors (Lipinski definition) is 4. The number of hydrogen-bond donors (Lipinski definition) is 2. The Balaban J connectivity index is 2.01. The van der Waals surface area contributed by atoms with Gasteiger partial charge in [-0.15, -0.1) is 0 Å². The van der Waals surface area contributed by atoms with Crippen LogP contribution in [0.1, 0.15) is 26.2 Å². The van der Waals surface area contributed by atoms with E-state index in [0.29, 0.717) is 13.0 Å². The molecular formula is C12H17N3O3. The van der Waals surface area contributed by atoms with Crippen LogP contribution < -0.4 is 5.32 Å². The summed E-state index contributed by atoms with van der Waals surface area (Å²) in [5, 5.41) is 21.1. The summed E-state index contributed by atoms with van der Waals surface area (Å²) in [4.78, 5) is 25.6. The number of amides is 2. The number of carbonyl (C=O) groups is 2. The smallest absolute Gasteiger partial charge is 0.238 e. The topological polar surface area (TPSA) is 93.4 Å². The van der Waals surface area contributed by atoms with Crippen LogP contribution in [0.25, 0.3) is 0 Å². The van der Waals surface area contributed by atoms with E-state index in [4.69, 9.17) is 5.26 Å². The monoisotopic (exact) mass is 251 g/mol.